The van der Waals surface area contributed by atoms with Gasteiger partial charge in [0, 0.05) is 0 Å². The van der Waals surface area contributed by atoms with Crippen LogP contribution >= 0.6 is 0 Å². The minimum atomic E-state index is -2.15. The van der Waals surface area contributed by atoms with Gasteiger partial charge in [-0.25, -0.2) is 4.99 Å². The van der Waals surface area contributed by atoms with E-state index in [2.05, 4.69) is 4.99 Å². The number of hydrogen-bond acceptors (Lipinski definition) is 3. The van der Waals surface area contributed by atoms with Gasteiger partial charge in [0.25, 0.3) is 5.91 Å². The summed E-state index contributed by atoms with van der Waals surface area (Å²) >= 11 is 0. The summed E-state index contributed by atoms with van der Waals surface area (Å²) in [7, 11) is -3.09. The van der Waals surface area contributed by atoms with Crippen LogP contribution in [-0.2, 0) is 23.5 Å². The number of rotatable bonds is 0. The fraction of sp³-hybridized carbons (Fsp3) is 0.333. The van der Waals surface area contributed by atoms with Crippen LogP contribution in [0.2, 0.25) is 0 Å². The Kier molecular flexibility index (Phi) is 1.77. The van der Waals surface area contributed by atoms with Gasteiger partial charge >= 0.3 is 0 Å². The third-order valence-corrected chi connectivity index (χ3v) is 3.64. The van der Waals surface area contributed by atoms with Crippen molar-refractivity contribution in [1.82, 2.24) is 0 Å². The van der Waals surface area contributed by atoms with E-state index in [1.165, 1.54) is 5.55 Å². The van der Waals surface area contributed by atoms with Gasteiger partial charge in [0.15, 0.2) is 0 Å². The maximum absolute atomic E-state index is 10.3. The van der Waals surface area contributed by atoms with Gasteiger partial charge in [0.05, 0.1) is 11.3 Å². The van der Waals surface area contributed by atoms with Crippen molar-refractivity contribution in [2.45, 2.75) is 0 Å². The van der Waals surface area contributed by atoms with E-state index in [0.717, 1.165) is 0 Å². The Morgan fingerprint density at radius 3 is 2.56 bits per heavy atom. The molecule has 6 heteroatoms. The molecule has 0 bridgehead atoms. The Hall–Kier alpha value is -0.490. The molecule has 1 unspecified atom stereocenters. The van der Waals surface area contributed by atoms with Crippen LogP contribution in [0.4, 0.5) is 0 Å². The lowest BCUT2D eigenvalue weighted by Gasteiger charge is -1.75. The highest BCUT2D eigenvalue weighted by Gasteiger charge is 2.10. The lowest BCUT2D eigenvalue weighted by Crippen LogP contribution is -1.97. The zero-order chi connectivity index (χ0) is 6.85. The predicted molar refractivity (Wildman–Crippen MR) is 34.7 cm³/mol. The molecule has 50 valence electrons. The molecule has 1 heterocycles. The van der Waals surface area contributed by atoms with Gasteiger partial charge in [0.1, 0.15) is 0 Å². The highest BCUT2D eigenvalue weighted by atomic mass is 32.9. The van der Waals surface area contributed by atoms with Crippen LogP contribution in [0.25, 0.3) is 0 Å². The summed E-state index contributed by atoms with van der Waals surface area (Å²) in [6, 6.07) is 0. The lowest BCUT2D eigenvalue weighted by atomic mass is 10.8. The van der Waals surface area contributed by atoms with E-state index in [9.17, 15) is 13.2 Å². The second kappa shape index (κ2) is 2.40. The fourth-order valence-corrected chi connectivity index (χ4v) is 2.12. The van der Waals surface area contributed by atoms with Crippen molar-refractivity contribution in [2.75, 3.05) is 5.75 Å². The molecular formula is C3H3NO3S2. The third-order valence-electron chi connectivity index (χ3n) is 0.755. The predicted octanol–water partition coefficient (Wildman–Crippen LogP) is -1.03. The van der Waals surface area contributed by atoms with E-state index in [0.29, 0.717) is 0 Å². The molecule has 0 saturated heterocycles. The number of hydrogen-bond donors (Lipinski definition) is 0. The van der Waals surface area contributed by atoms with E-state index in [4.69, 9.17) is 0 Å². The zero-order valence-corrected chi connectivity index (χ0v) is 5.91. The highest BCUT2D eigenvalue weighted by molar-refractivity contribution is 8.41. The highest BCUT2D eigenvalue weighted by Crippen LogP contribution is 1.92. The van der Waals surface area contributed by atoms with Crippen LogP contribution in [0, 0.1) is 0 Å². The Morgan fingerprint density at radius 1 is 1.67 bits per heavy atom. The molecule has 1 atom stereocenters. The van der Waals surface area contributed by atoms with Gasteiger partial charge < -0.3 is 0 Å². The van der Waals surface area contributed by atoms with E-state index < -0.39 is 18.7 Å². The number of carbonyl (C=O) groups is 1. The molecule has 1 rings (SSSR count). The van der Waals surface area contributed by atoms with Gasteiger partial charge in [-0.05, 0) is 9.45 Å². The number of aliphatic imine (C=N–C) groups is 1. The maximum Gasteiger partial charge on any atom is 0.257 e. The molecule has 0 radical (unpaired) electrons. The van der Waals surface area contributed by atoms with Crippen LogP contribution in [0.15, 0.2) is 4.99 Å². The number of nitrogens with zero attached hydrogens (tertiary/aromatic N) is 1. The molecule has 1 amide bonds. The summed E-state index contributed by atoms with van der Waals surface area (Å²) in [4.78, 5) is 13.6. The van der Waals surface area contributed by atoms with Crippen LogP contribution in [0.3, 0.4) is 0 Å². The van der Waals surface area contributed by atoms with E-state index in [1.54, 1.807) is 0 Å². The second-order valence-electron chi connectivity index (χ2n) is 1.36. The van der Waals surface area contributed by atoms with Crippen LogP contribution < -0.4 is 0 Å². The summed E-state index contributed by atoms with van der Waals surface area (Å²) in [5, 5.41) is 0. The molecule has 0 fully saturated rings. The lowest BCUT2D eigenvalue weighted by molar-refractivity contribution is -0.115. The largest absolute Gasteiger partial charge is 0.272 e. The van der Waals surface area contributed by atoms with E-state index in [1.807, 2.05) is 0 Å². The average Bonchev–Trinajstić information content (AvgIpc) is 2.14. The molecule has 0 aromatic rings. The monoisotopic (exact) mass is 165 g/mol. The topological polar surface area (TPSA) is 63.6 Å². The Morgan fingerprint density at radius 2 is 2.33 bits per heavy atom. The third kappa shape index (κ3) is 1.46. The fourth-order valence-electron chi connectivity index (χ4n) is 0.397. The molecule has 0 saturated carbocycles. The smallest absolute Gasteiger partial charge is 0.257 e. The second-order valence-corrected chi connectivity index (χ2v) is 5.13. The molecule has 1 aliphatic heterocycles. The van der Waals surface area contributed by atoms with Gasteiger partial charge in [-0.2, -0.15) is 8.42 Å². The summed E-state index contributed by atoms with van der Waals surface area (Å²) in [5.41, 5.74) is 1.19. The van der Waals surface area contributed by atoms with Gasteiger partial charge in [0.2, 0.25) is 9.26 Å². The van der Waals surface area contributed by atoms with E-state index >= 15 is 0 Å². The summed E-state index contributed by atoms with van der Waals surface area (Å²) in [6.07, 6.45) is 0. The normalized spacial score (nSPS) is 24.9. The van der Waals surface area contributed by atoms with Crippen LogP contribution in [0.5, 0.6) is 0 Å². The summed E-state index contributed by atoms with van der Waals surface area (Å²) in [6.45, 7) is 0. The van der Waals surface area contributed by atoms with Crippen molar-refractivity contribution < 1.29 is 13.2 Å². The molecule has 0 aromatic carbocycles. The van der Waals surface area contributed by atoms with Gasteiger partial charge in [-0.1, -0.05) is 0 Å². The van der Waals surface area contributed by atoms with Gasteiger partial charge in [-0.3, -0.25) is 4.79 Å². The SMILES string of the molecule is O=C1CS(=S(=O)=O)C=N1. The first-order valence-corrected chi connectivity index (χ1v) is 5.11. The Bertz CT molecular complexity index is 291. The summed E-state index contributed by atoms with van der Waals surface area (Å²) < 4.78 is 20.2. The molecule has 9 heavy (non-hydrogen) atoms. The summed E-state index contributed by atoms with van der Waals surface area (Å²) in [5.74, 6) is -0.307. The van der Waals surface area contributed by atoms with Crippen LogP contribution in [0.1, 0.15) is 0 Å². The molecule has 1 aliphatic rings. The Balaban J connectivity index is 3.11. The molecule has 0 aromatic heterocycles. The van der Waals surface area contributed by atoms with E-state index in [-0.39, 0.29) is 11.7 Å². The van der Waals surface area contributed by atoms with Crippen molar-refractivity contribution >= 4 is 30.2 Å². The molecular weight excluding hydrogens is 162 g/mol. The first kappa shape index (κ1) is 6.63. The van der Waals surface area contributed by atoms with Crippen LogP contribution in [-0.4, -0.2) is 25.6 Å². The molecule has 4 nitrogen and oxygen atoms in total. The first-order chi connectivity index (χ1) is 4.20. The van der Waals surface area contributed by atoms with Crippen molar-refractivity contribution in [3.05, 3.63) is 0 Å². The zero-order valence-electron chi connectivity index (χ0n) is 4.27. The van der Waals surface area contributed by atoms with Crippen molar-refractivity contribution in [1.29, 1.82) is 0 Å². The van der Waals surface area contributed by atoms with Gasteiger partial charge in [-0.15, -0.1) is 0 Å². The molecule has 0 aliphatic carbocycles. The quantitative estimate of drug-likeness (QED) is 0.461. The maximum atomic E-state index is 10.3. The molecule has 0 spiro atoms. The van der Waals surface area contributed by atoms with Crippen molar-refractivity contribution in [3.63, 3.8) is 0 Å². The minimum absolute atomic E-state index is 0.0378. The van der Waals surface area contributed by atoms with Crippen molar-refractivity contribution in [2.24, 2.45) is 4.99 Å². The standard InChI is InChI=1S/C3H3NO3S2/c5-3-1-8(2-4-3)9(6)7/h2H,1H2. The molecule has 0 N–H and O–H groups in total. The average molecular weight is 165 g/mol. The number of amides is 1. The Labute approximate surface area is 54.7 Å². The number of carbonyl (C=O) groups excluding carboxylic acids is 1. The van der Waals surface area contributed by atoms with Crippen molar-refractivity contribution in [3.8, 4) is 0 Å². The first-order valence-electron chi connectivity index (χ1n) is 2.06. The minimum Gasteiger partial charge on any atom is -0.272 e.